The van der Waals surface area contributed by atoms with E-state index in [1.807, 2.05) is 6.07 Å². The molecule has 2 heterocycles. The second-order valence-corrected chi connectivity index (χ2v) is 4.20. The fraction of sp³-hybridized carbons (Fsp3) is 0.308. The molecule has 2 aromatic rings. The third kappa shape index (κ3) is 1.86. The standard InChI is InChI=1S/C13H12N2O2/c16-12-4-2-1-3-11-10(12)7-14-13(15-11)9-5-6-17-8-9/h5-8H,1-4H2. The Morgan fingerprint density at radius 2 is 2.12 bits per heavy atom. The molecule has 1 aliphatic carbocycles. The molecule has 1 aliphatic rings. The normalized spacial score (nSPS) is 15.4. The van der Waals surface area contributed by atoms with Gasteiger partial charge < -0.3 is 4.42 Å². The van der Waals surface area contributed by atoms with Crippen molar-refractivity contribution in [2.45, 2.75) is 25.7 Å². The second kappa shape index (κ2) is 4.13. The lowest BCUT2D eigenvalue weighted by Crippen LogP contribution is -2.04. The van der Waals surface area contributed by atoms with Gasteiger partial charge in [-0.2, -0.15) is 0 Å². The second-order valence-electron chi connectivity index (χ2n) is 4.20. The number of aryl methyl sites for hydroxylation is 1. The van der Waals surface area contributed by atoms with E-state index in [-0.39, 0.29) is 5.78 Å². The molecule has 0 aromatic carbocycles. The van der Waals surface area contributed by atoms with Crippen LogP contribution in [-0.4, -0.2) is 15.8 Å². The molecule has 2 aromatic heterocycles. The van der Waals surface area contributed by atoms with Crippen molar-refractivity contribution in [2.24, 2.45) is 0 Å². The first-order valence-corrected chi connectivity index (χ1v) is 5.76. The molecule has 0 spiro atoms. The van der Waals surface area contributed by atoms with Gasteiger partial charge in [0.15, 0.2) is 11.6 Å². The number of hydrogen-bond acceptors (Lipinski definition) is 4. The van der Waals surface area contributed by atoms with E-state index in [0.717, 1.165) is 30.5 Å². The van der Waals surface area contributed by atoms with Gasteiger partial charge in [0, 0.05) is 12.6 Å². The van der Waals surface area contributed by atoms with Crippen LogP contribution in [0.4, 0.5) is 0 Å². The maximum absolute atomic E-state index is 11.8. The highest BCUT2D eigenvalue weighted by molar-refractivity contribution is 5.97. The molecule has 0 aliphatic heterocycles. The van der Waals surface area contributed by atoms with Crippen LogP contribution in [0.3, 0.4) is 0 Å². The van der Waals surface area contributed by atoms with Crippen LogP contribution in [-0.2, 0) is 6.42 Å². The van der Waals surface area contributed by atoms with Gasteiger partial charge in [-0.05, 0) is 25.3 Å². The van der Waals surface area contributed by atoms with Crippen molar-refractivity contribution in [1.29, 1.82) is 0 Å². The van der Waals surface area contributed by atoms with E-state index in [4.69, 9.17) is 4.42 Å². The molecule has 3 rings (SSSR count). The van der Waals surface area contributed by atoms with E-state index in [1.165, 1.54) is 0 Å². The molecule has 0 saturated heterocycles. The highest BCUT2D eigenvalue weighted by Gasteiger charge is 2.18. The predicted molar refractivity (Wildman–Crippen MR) is 61.6 cm³/mol. The molecule has 0 radical (unpaired) electrons. The zero-order chi connectivity index (χ0) is 11.7. The lowest BCUT2D eigenvalue weighted by Gasteiger charge is -2.04. The number of Topliss-reactive ketones (excluding diaryl/α,β-unsaturated/α-hetero) is 1. The van der Waals surface area contributed by atoms with E-state index < -0.39 is 0 Å². The summed E-state index contributed by atoms with van der Waals surface area (Å²) in [6, 6.07) is 1.82. The number of carbonyl (C=O) groups is 1. The fourth-order valence-electron chi connectivity index (χ4n) is 2.08. The predicted octanol–water partition coefficient (Wildman–Crippen LogP) is 2.65. The van der Waals surface area contributed by atoms with E-state index in [9.17, 15) is 4.79 Å². The van der Waals surface area contributed by atoms with Gasteiger partial charge >= 0.3 is 0 Å². The third-order valence-corrected chi connectivity index (χ3v) is 3.01. The van der Waals surface area contributed by atoms with Crippen LogP contribution >= 0.6 is 0 Å². The SMILES string of the molecule is O=C1CCCCc2nc(-c3ccoc3)ncc21. The van der Waals surface area contributed by atoms with Gasteiger partial charge in [0.2, 0.25) is 0 Å². The number of rotatable bonds is 1. The van der Waals surface area contributed by atoms with Crippen LogP contribution in [0.15, 0.2) is 29.2 Å². The topological polar surface area (TPSA) is 56.0 Å². The molecule has 0 unspecified atom stereocenters. The number of furan rings is 1. The monoisotopic (exact) mass is 228 g/mol. The van der Waals surface area contributed by atoms with Gasteiger partial charge in [-0.1, -0.05) is 0 Å². The number of ketones is 1. The zero-order valence-corrected chi connectivity index (χ0v) is 9.35. The van der Waals surface area contributed by atoms with Gasteiger partial charge in [0.25, 0.3) is 0 Å². The van der Waals surface area contributed by atoms with Gasteiger partial charge in [-0.3, -0.25) is 4.79 Å². The third-order valence-electron chi connectivity index (χ3n) is 3.01. The Morgan fingerprint density at radius 3 is 2.94 bits per heavy atom. The Hall–Kier alpha value is -1.97. The average Bonchev–Trinajstić information content (AvgIpc) is 2.82. The van der Waals surface area contributed by atoms with Crippen molar-refractivity contribution in [3.8, 4) is 11.4 Å². The molecule has 0 bridgehead atoms. The number of fused-ring (bicyclic) bond motifs is 1. The first kappa shape index (κ1) is 10.2. The van der Waals surface area contributed by atoms with Gasteiger partial charge in [-0.25, -0.2) is 9.97 Å². The van der Waals surface area contributed by atoms with Crippen molar-refractivity contribution in [2.75, 3.05) is 0 Å². The molecule has 17 heavy (non-hydrogen) atoms. The number of carbonyl (C=O) groups excluding carboxylic acids is 1. The molecule has 86 valence electrons. The Balaban J connectivity index is 2.06. The molecule has 0 fully saturated rings. The van der Waals surface area contributed by atoms with E-state index in [1.54, 1.807) is 18.7 Å². The van der Waals surface area contributed by atoms with Crippen LogP contribution < -0.4 is 0 Å². The largest absolute Gasteiger partial charge is 0.472 e. The molecule has 0 amide bonds. The summed E-state index contributed by atoms with van der Waals surface area (Å²) >= 11 is 0. The highest BCUT2D eigenvalue weighted by Crippen LogP contribution is 2.22. The lowest BCUT2D eigenvalue weighted by atomic mass is 10.1. The Bertz CT molecular complexity index is 547. The summed E-state index contributed by atoms with van der Waals surface area (Å²) in [5.74, 6) is 0.795. The minimum Gasteiger partial charge on any atom is -0.472 e. The summed E-state index contributed by atoms with van der Waals surface area (Å²) in [5, 5.41) is 0. The van der Waals surface area contributed by atoms with Crippen LogP contribution in [0.1, 0.15) is 35.3 Å². The molecule has 0 N–H and O–H groups in total. The van der Waals surface area contributed by atoms with Crippen LogP contribution in [0.25, 0.3) is 11.4 Å². The van der Waals surface area contributed by atoms with Gasteiger partial charge in [0.05, 0.1) is 23.1 Å². The molecular weight excluding hydrogens is 216 g/mol. The highest BCUT2D eigenvalue weighted by atomic mass is 16.3. The van der Waals surface area contributed by atoms with Crippen molar-refractivity contribution in [3.05, 3.63) is 36.0 Å². The quantitative estimate of drug-likeness (QED) is 0.704. The maximum atomic E-state index is 11.8. The number of aromatic nitrogens is 2. The molecule has 0 atom stereocenters. The minimum atomic E-state index is 0.163. The first-order chi connectivity index (χ1) is 8.34. The van der Waals surface area contributed by atoms with E-state index in [0.29, 0.717) is 17.8 Å². The molecular formula is C13H12N2O2. The Labute approximate surface area is 98.7 Å². The molecule has 0 saturated carbocycles. The summed E-state index contributed by atoms with van der Waals surface area (Å²) < 4.78 is 5.01. The average molecular weight is 228 g/mol. The van der Waals surface area contributed by atoms with E-state index in [2.05, 4.69) is 9.97 Å². The van der Waals surface area contributed by atoms with Crippen LogP contribution in [0.2, 0.25) is 0 Å². The molecule has 4 heteroatoms. The molecule has 4 nitrogen and oxygen atoms in total. The van der Waals surface area contributed by atoms with Crippen molar-refractivity contribution < 1.29 is 9.21 Å². The summed E-state index contributed by atoms with van der Waals surface area (Å²) in [6.45, 7) is 0. The minimum absolute atomic E-state index is 0.163. The fourth-order valence-corrected chi connectivity index (χ4v) is 2.08. The van der Waals surface area contributed by atoms with Crippen LogP contribution in [0.5, 0.6) is 0 Å². The summed E-state index contributed by atoms with van der Waals surface area (Å²) in [4.78, 5) is 20.5. The summed E-state index contributed by atoms with van der Waals surface area (Å²) in [7, 11) is 0. The van der Waals surface area contributed by atoms with E-state index >= 15 is 0 Å². The van der Waals surface area contributed by atoms with Gasteiger partial charge in [-0.15, -0.1) is 0 Å². The van der Waals surface area contributed by atoms with Crippen molar-refractivity contribution in [1.82, 2.24) is 9.97 Å². The summed E-state index contributed by atoms with van der Waals surface area (Å²) in [6.07, 6.45) is 8.28. The Morgan fingerprint density at radius 1 is 1.24 bits per heavy atom. The number of nitrogens with zero attached hydrogens (tertiary/aromatic N) is 2. The van der Waals surface area contributed by atoms with Crippen molar-refractivity contribution in [3.63, 3.8) is 0 Å². The maximum Gasteiger partial charge on any atom is 0.166 e. The zero-order valence-electron chi connectivity index (χ0n) is 9.35. The van der Waals surface area contributed by atoms with Gasteiger partial charge in [0.1, 0.15) is 6.26 Å². The summed E-state index contributed by atoms with van der Waals surface area (Å²) in [5.41, 5.74) is 2.41. The first-order valence-electron chi connectivity index (χ1n) is 5.76. The van der Waals surface area contributed by atoms with Crippen molar-refractivity contribution >= 4 is 5.78 Å². The smallest absolute Gasteiger partial charge is 0.166 e. The van der Waals surface area contributed by atoms with Crippen LogP contribution in [0, 0.1) is 0 Å². The Kier molecular flexibility index (Phi) is 2.48. The number of hydrogen-bond donors (Lipinski definition) is 0. The lowest BCUT2D eigenvalue weighted by molar-refractivity contribution is 0.0981.